The maximum Gasteiger partial charge on any atom is 0.266 e. The second-order valence-corrected chi connectivity index (χ2v) is 19.2. The van der Waals surface area contributed by atoms with Crippen molar-refractivity contribution in [1.82, 2.24) is 4.90 Å². The molecule has 0 aliphatic carbocycles. The molecule has 0 atom stereocenters. The van der Waals surface area contributed by atoms with E-state index in [1.807, 2.05) is 146 Å². The zero-order chi connectivity index (χ0) is 50.2. The molecule has 4 amide bonds. The Kier molecular flexibility index (Phi) is 10.9. The number of benzene rings is 10. The van der Waals surface area contributed by atoms with Crippen LogP contribution in [0.25, 0.3) is 43.1 Å². The van der Waals surface area contributed by atoms with Gasteiger partial charge in [0.2, 0.25) is 0 Å². The minimum atomic E-state index is -0.524. The number of carbonyl (C=O) groups excluding carboxylic acids is 4. The first-order valence-corrected chi connectivity index (χ1v) is 24.7. The van der Waals surface area contributed by atoms with Crippen LogP contribution in [-0.2, 0) is 0 Å². The fourth-order valence-corrected chi connectivity index (χ4v) is 10.7. The third kappa shape index (κ3) is 7.23. The molecule has 0 saturated carbocycles. The van der Waals surface area contributed by atoms with E-state index in [-0.39, 0.29) is 63.6 Å². The second-order valence-electron chi connectivity index (χ2n) is 19.2. The summed E-state index contributed by atoms with van der Waals surface area (Å²) in [6.45, 7) is 10.3. The predicted molar refractivity (Wildman–Crippen MR) is 285 cm³/mol. The predicted octanol–water partition coefficient (Wildman–Crippen LogP) is 16.0. The number of anilines is 1. The molecular formula is C63H48N2O8. The lowest BCUT2D eigenvalue weighted by molar-refractivity contribution is 0.0609. The van der Waals surface area contributed by atoms with Crippen molar-refractivity contribution in [2.45, 2.75) is 52.9 Å². The van der Waals surface area contributed by atoms with Crippen LogP contribution in [0.3, 0.4) is 0 Å². The average Bonchev–Trinajstić information content (AvgIpc) is 3.40. The van der Waals surface area contributed by atoms with Gasteiger partial charge in [-0.15, -0.1) is 0 Å². The van der Waals surface area contributed by atoms with Crippen LogP contribution in [0.5, 0.6) is 46.0 Å². The van der Waals surface area contributed by atoms with Gasteiger partial charge in [0.05, 0.1) is 27.9 Å². The molecule has 2 aliphatic rings. The number of amides is 4. The molecule has 0 spiro atoms. The van der Waals surface area contributed by atoms with Gasteiger partial charge in [0.15, 0.2) is 0 Å². The third-order valence-electron chi connectivity index (χ3n) is 13.9. The number of imide groups is 2. The van der Waals surface area contributed by atoms with E-state index in [2.05, 4.69) is 27.7 Å². The van der Waals surface area contributed by atoms with Crippen molar-refractivity contribution < 1.29 is 38.1 Å². The number of carbonyl (C=O) groups is 4. The highest BCUT2D eigenvalue weighted by atomic mass is 16.5. The summed E-state index contributed by atoms with van der Waals surface area (Å²) in [4.78, 5) is 64.3. The van der Waals surface area contributed by atoms with Gasteiger partial charge in [-0.05, 0) is 102 Å². The van der Waals surface area contributed by atoms with Crippen molar-refractivity contribution in [2.24, 2.45) is 0 Å². The molecule has 10 aromatic rings. The smallest absolute Gasteiger partial charge is 0.266 e. The van der Waals surface area contributed by atoms with E-state index >= 15 is 9.59 Å². The minimum absolute atomic E-state index is 0.0440. The summed E-state index contributed by atoms with van der Waals surface area (Å²) in [7, 11) is 0. The SMILES string of the molecule is CCCN1C(=O)c2cc(Oc3ccccc3)c3c4c(Oc5ccccc5)cc5c6c(cc(Oc7ccccc7)c(c7c(Oc8ccccc8)cc(c2c37)C1=O)c64)C(=O)N(c1c(C(C)C)cccc1C(C)C)C5=O. The first kappa shape index (κ1) is 45.1. The van der Waals surface area contributed by atoms with Gasteiger partial charge in [0.25, 0.3) is 23.6 Å². The van der Waals surface area contributed by atoms with Crippen molar-refractivity contribution in [3.8, 4) is 46.0 Å². The lowest BCUT2D eigenvalue weighted by Crippen LogP contribution is -2.42. The van der Waals surface area contributed by atoms with Crippen LogP contribution in [0.1, 0.15) is 105 Å². The molecule has 0 bridgehead atoms. The number of nitrogens with zero attached hydrogens (tertiary/aromatic N) is 2. The standard InChI is InChI=1S/C63H48N2O8/c1-6-30-64-60(66)43-31-47(70-37-20-11-7-12-21-37)53-55-49(72-39-24-15-9-16-25-39)33-45-52-46(63(69)65(62(45)68)59-41(35(2)3)28-19-29-42(59)36(4)5)34-50(73-40-26-17-10-18-27-40)56(58(52)55)54-48(71-38-22-13-8-14-23-38)32-44(61(64)67)51(43)57(53)54/h7-29,31-36H,6,30H2,1-5H3. The van der Waals surface area contributed by atoms with Crippen molar-refractivity contribution in [3.05, 3.63) is 197 Å². The van der Waals surface area contributed by atoms with Crippen LogP contribution in [0, 0.1) is 0 Å². The van der Waals surface area contributed by atoms with E-state index in [1.54, 1.807) is 24.3 Å². The zero-order valence-electron chi connectivity index (χ0n) is 40.8. The molecule has 0 fully saturated rings. The number of hydrogen-bond donors (Lipinski definition) is 0. The zero-order valence-corrected chi connectivity index (χ0v) is 40.8. The maximum absolute atomic E-state index is 15.9. The Labute approximate surface area is 421 Å². The molecule has 358 valence electrons. The van der Waals surface area contributed by atoms with Gasteiger partial charge < -0.3 is 18.9 Å². The fraction of sp³-hybridized carbons (Fsp3) is 0.143. The summed E-state index contributed by atoms with van der Waals surface area (Å²) in [5, 5.41) is 3.55. The molecule has 0 unspecified atom stereocenters. The number of para-hydroxylation sites is 5. The highest BCUT2D eigenvalue weighted by molar-refractivity contribution is 6.46. The Morgan fingerprint density at radius 3 is 0.959 bits per heavy atom. The first-order chi connectivity index (χ1) is 35.5. The summed E-state index contributed by atoms with van der Waals surface area (Å²) in [6.07, 6.45) is 0.532. The van der Waals surface area contributed by atoms with E-state index in [1.165, 1.54) is 9.80 Å². The molecule has 0 radical (unpaired) electrons. The van der Waals surface area contributed by atoms with E-state index in [0.717, 1.165) is 11.1 Å². The fourth-order valence-electron chi connectivity index (χ4n) is 10.7. The Bertz CT molecular complexity index is 3650. The molecule has 0 N–H and O–H groups in total. The molecular weight excluding hydrogens is 913 g/mol. The normalized spacial score (nSPS) is 13.4. The van der Waals surface area contributed by atoms with Gasteiger partial charge >= 0.3 is 0 Å². The Hall–Kier alpha value is -9.02. The summed E-state index contributed by atoms with van der Waals surface area (Å²) < 4.78 is 28.0. The van der Waals surface area contributed by atoms with Crippen molar-refractivity contribution >= 4 is 72.4 Å². The van der Waals surface area contributed by atoms with Crippen molar-refractivity contribution in [3.63, 3.8) is 0 Å². The molecule has 10 nitrogen and oxygen atoms in total. The largest absolute Gasteiger partial charge is 0.457 e. The number of rotatable bonds is 13. The molecule has 10 aromatic carbocycles. The lowest BCUT2D eigenvalue weighted by atomic mass is 9.80. The van der Waals surface area contributed by atoms with E-state index in [9.17, 15) is 9.59 Å². The summed E-state index contributed by atoms with van der Waals surface area (Å²) in [6, 6.07) is 49.8. The first-order valence-electron chi connectivity index (χ1n) is 24.7. The molecule has 10 heteroatoms. The van der Waals surface area contributed by atoms with Gasteiger partial charge in [-0.1, -0.05) is 126 Å². The molecule has 0 aromatic heterocycles. The number of ether oxygens (including phenoxy) is 4. The van der Waals surface area contributed by atoms with Gasteiger partial charge in [-0.25, -0.2) is 4.90 Å². The van der Waals surface area contributed by atoms with Gasteiger partial charge in [-0.2, -0.15) is 0 Å². The van der Waals surface area contributed by atoms with Gasteiger partial charge in [0, 0.05) is 49.6 Å². The Morgan fingerprint density at radius 2 is 0.671 bits per heavy atom. The van der Waals surface area contributed by atoms with Gasteiger partial charge in [0.1, 0.15) is 46.0 Å². The quantitative estimate of drug-likeness (QED) is 0.0638. The number of fused-ring (bicyclic) bond motifs is 2. The molecule has 2 aliphatic heterocycles. The number of hydrogen-bond acceptors (Lipinski definition) is 8. The van der Waals surface area contributed by atoms with E-state index in [0.29, 0.717) is 78.2 Å². The van der Waals surface area contributed by atoms with Crippen LogP contribution in [-0.4, -0.2) is 35.1 Å². The Morgan fingerprint density at radius 1 is 0.370 bits per heavy atom. The monoisotopic (exact) mass is 960 g/mol. The van der Waals surface area contributed by atoms with E-state index < -0.39 is 23.6 Å². The average molecular weight is 961 g/mol. The molecule has 2 heterocycles. The lowest BCUT2D eigenvalue weighted by Gasteiger charge is -2.34. The summed E-state index contributed by atoms with van der Waals surface area (Å²) in [5.74, 6) is 0.894. The van der Waals surface area contributed by atoms with Crippen LogP contribution < -0.4 is 23.8 Å². The van der Waals surface area contributed by atoms with E-state index in [4.69, 9.17) is 18.9 Å². The molecule has 73 heavy (non-hydrogen) atoms. The van der Waals surface area contributed by atoms with Crippen molar-refractivity contribution in [2.75, 3.05) is 11.4 Å². The summed E-state index contributed by atoms with van der Waals surface area (Å²) in [5.41, 5.74) is 3.22. The van der Waals surface area contributed by atoms with Crippen LogP contribution in [0.4, 0.5) is 5.69 Å². The van der Waals surface area contributed by atoms with Crippen LogP contribution in [0.2, 0.25) is 0 Å². The Balaban J connectivity index is 1.33. The summed E-state index contributed by atoms with van der Waals surface area (Å²) >= 11 is 0. The minimum Gasteiger partial charge on any atom is -0.457 e. The maximum atomic E-state index is 15.9. The highest BCUT2D eigenvalue weighted by Crippen LogP contribution is 2.58. The molecule has 12 rings (SSSR count). The topological polar surface area (TPSA) is 112 Å². The van der Waals surface area contributed by atoms with Crippen LogP contribution in [0.15, 0.2) is 164 Å². The van der Waals surface area contributed by atoms with Crippen molar-refractivity contribution in [1.29, 1.82) is 0 Å². The van der Waals surface area contributed by atoms with Gasteiger partial charge in [-0.3, -0.25) is 24.1 Å². The molecule has 0 saturated heterocycles. The highest BCUT2D eigenvalue weighted by Gasteiger charge is 2.43. The van der Waals surface area contributed by atoms with Crippen LogP contribution >= 0.6 is 0 Å². The second kappa shape index (κ2) is 17.7. The third-order valence-corrected chi connectivity index (χ3v) is 13.9.